The average Bonchev–Trinajstić information content (AvgIpc) is 3.06. The Morgan fingerprint density at radius 3 is 2.54 bits per heavy atom. The minimum Gasteiger partial charge on any atom is -0.465 e. The van der Waals surface area contributed by atoms with E-state index >= 15 is 0 Å². The number of rotatable bonds is 5. The van der Waals surface area contributed by atoms with Gasteiger partial charge in [0.15, 0.2) is 5.13 Å². The fourth-order valence-electron chi connectivity index (χ4n) is 2.77. The van der Waals surface area contributed by atoms with Gasteiger partial charge in [-0.1, -0.05) is 48.5 Å². The number of hydrogen-bond acceptors (Lipinski definition) is 5. The van der Waals surface area contributed by atoms with E-state index in [0.717, 1.165) is 16.8 Å². The summed E-state index contributed by atoms with van der Waals surface area (Å²) in [5.74, 6) is -0.291. The van der Waals surface area contributed by atoms with Crippen molar-refractivity contribution in [2.75, 3.05) is 12.8 Å². The van der Waals surface area contributed by atoms with Crippen LogP contribution >= 0.6 is 11.3 Å². The highest BCUT2D eigenvalue weighted by molar-refractivity contribution is 7.13. The van der Waals surface area contributed by atoms with Crippen molar-refractivity contribution in [1.29, 1.82) is 0 Å². The molecule has 0 fully saturated rings. The van der Waals surface area contributed by atoms with E-state index in [1.54, 1.807) is 6.07 Å². The first-order chi connectivity index (χ1) is 11.7. The molecule has 1 atom stereocenters. The smallest absolute Gasteiger partial charge is 0.338 e. The van der Waals surface area contributed by atoms with Gasteiger partial charge in [0.25, 0.3) is 0 Å². The predicted octanol–water partition coefficient (Wildman–Crippen LogP) is 3.89. The van der Waals surface area contributed by atoms with Crippen LogP contribution < -0.4 is 5.73 Å². The monoisotopic (exact) mass is 338 g/mol. The second-order valence-corrected chi connectivity index (χ2v) is 6.32. The number of nitrogens with zero attached hydrogens (tertiary/aromatic N) is 1. The molecule has 0 radical (unpaired) electrons. The molecule has 0 amide bonds. The lowest BCUT2D eigenvalue weighted by Gasteiger charge is -2.17. The van der Waals surface area contributed by atoms with Crippen molar-refractivity contribution in [1.82, 2.24) is 4.98 Å². The van der Waals surface area contributed by atoms with Gasteiger partial charge < -0.3 is 10.5 Å². The van der Waals surface area contributed by atoms with E-state index in [1.807, 2.05) is 41.8 Å². The summed E-state index contributed by atoms with van der Waals surface area (Å²) in [6, 6.07) is 17.7. The van der Waals surface area contributed by atoms with E-state index in [1.165, 1.54) is 18.4 Å². The van der Waals surface area contributed by atoms with Gasteiger partial charge >= 0.3 is 5.97 Å². The molecule has 0 spiro atoms. The number of aromatic nitrogens is 1. The largest absolute Gasteiger partial charge is 0.465 e. The molecule has 0 saturated carbocycles. The highest BCUT2D eigenvalue weighted by Gasteiger charge is 2.21. The van der Waals surface area contributed by atoms with E-state index in [4.69, 9.17) is 10.5 Å². The van der Waals surface area contributed by atoms with Crippen molar-refractivity contribution >= 4 is 22.4 Å². The van der Waals surface area contributed by atoms with E-state index in [-0.39, 0.29) is 11.9 Å². The molecule has 1 heterocycles. The van der Waals surface area contributed by atoms with Gasteiger partial charge in [0.05, 0.1) is 18.4 Å². The quantitative estimate of drug-likeness (QED) is 0.717. The first-order valence-corrected chi connectivity index (χ1v) is 8.49. The Morgan fingerprint density at radius 2 is 1.88 bits per heavy atom. The molecule has 0 saturated heterocycles. The van der Waals surface area contributed by atoms with Gasteiger partial charge in [-0.15, -0.1) is 11.3 Å². The van der Waals surface area contributed by atoms with Crippen LogP contribution in [0.4, 0.5) is 5.13 Å². The molecule has 1 aromatic heterocycles. The Hall–Kier alpha value is -2.66. The van der Waals surface area contributed by atoms with Gasteiger partial charge in [0, 0.05) is 11.3 Å². The van der Waals surface area contributed by atoms with Gasteiger partial charge in [-0.05, 0) is 23.6 Å². The molecule has 122 valence electrons. The van der Waals surface area contributed by atoms with E-state index in [9.17, 15) is 4.79 Å². The van der Waals surface area contributed by atoms with Crippen LogP contribution in [0.3, 0.4) is 0 Å². The van der Waals surface area contributed by atoms with Crippen LogP contribution in [-0.4, -0.2) is 18.1 Å². The lowest BCUT2D eigenvalue weighted by atomic mass is 9.88. The number of benzene rings is 2. The van der Waals surface area contributed by atoms with E-state index in [0.29, 0.717) is 17.1 Å². The highest BCUT2D eigenvalue weighted by Crippen LogP contribution is 2.31. The summed E-state index contributed by atoms with van der Waals surface area (Å²) < 4.78 is 4.90. The maximum absolute atomic E-state index is 12.0. The third-order valence-corrected chi connectivity index (χ3v) is 4.64. The summed E-state index contributed by atoms with van der Waals surface area (Å²) in [6.45, 7) is 0. The van der Waals surface area contributed by atoms with Crippen molar-refractivity contribution in [2.24, 2.45) is 0 Å². The van der Waals surface area contributed by atoms with Gasteiger partial charge in [0.1, 0.15) is 0 Å². The van der Waals surface area contributed by atoms with Crippen molar-refractivity contribution in [3.8, 4) is 0 Å². The zero-order valence-electron chi connectivity index (χ0n) is 13.3. The molecule has 24 heavy (non-hydrogen) atoms. The minimum absolute atomic E-state index is 0.0329. The topological polar surface area (TPSA) is 65.2 Å². The summed E-state index contributed by atoms with van der Waals surface area (Å²) in [4.78, 5) is 16.5. The highest BCUT2D eigenvalue weighted by atomic mass is 32.1. The van der Waals surface area contributed by atoms with Gasteiger partial charge in [-0.25, -0.2) is 9.78 Å². The first-order valence-electron chi connectivity index (χ1n) is 7.61. The molecule has 1 unspecified atom stereocenters. The molecule has 0 aliphatic rings. The number of anilines is 1. The minimum atomic E-state index is -0.324. The summed E-state index contributed by atoms with van der Waals surface area (Å²) >= 11 is 1.43. The van der Waals surface area contributed by atoms with Crippen LogP contribution in [0.1, 0.15) is 33.1 Å². The molecule has 2 N–H and O–H groups in total. The number of nitrogen functional groups attached to an aromatic ring is 1. The van der Waals surface area contributed by atoms with Crippen LogP contribution in [0.5, 0.6) is 0 Å². The fourth-order valence-corrected chi connectivity index (χ4v) is 3.38. The van der Waals surface area contributed by atoms with Gasteiger partial charge in [-0.3, -0.25) is 0 Å². The second kappa shape index (κ2) is 7.27. The molecule has 3 rings (SSSR count). The van der Waals surface area contributed by atoms with E-state index in [2.05, 4.69) is 17.1 Å². The van der Waals surface area contributed by atoms with Crippen molar-refractivity contribution in [3.05, 3.63) is 82.4 Å². The van der Waals surface area contributed by atoms with Crippen LogP contribution in [0.2, 0.25) is 0 Å². The predicted molar refractivity (Wildman–Crippen MR) is 96.3 cm³/mol. The van der Waals surface area contributed by atoms with Crippen LogP contribution in [-0.2, 0) is 11.2 Å². The SMILES string of the molecule is COC(=O)c1ccccc1CC(c1ccccc1)c1csc(N)n1. The summed E-state index contributed by atoms with van der Waals surface area (Å²) in [5, 5.41) is 2.53. The number of ether oxygens (including phenoxy) is 1. The van der Waals surface area contributed by atoms with Crippen LogP contribution in [0.15, 0.2) is 60.0 Å². The standard InChI is InChI=1S/C19H18N2O2S/c1-23-18(22)15-10-6-5-9-14(15)11-16(13-7-3-2-4-8-13)17-12-24-19(20)21-17/h2-10,12,16H,11H2,1H3,(H2,20,21). The molecule has 0 aliphatic carbocycles. The van der Waals surface area contributed by atoms with Crippen LogP contribution in [0, 0.1) is 0 Å². The van der Waals surface area contributed by atoms with Crippen molar-refractivity contribution in [2.45, 2.75) is 12.3 Å². The zero-order chi connectivity index (χ0) is 16.9. The number of carbonyl (C=O) groups excluding carboxylic acids is 1. The van der Waals surface area contributed by atoms with Crippen molar-refractivity contribution < 1.29 is 9.53 Å². The van der Waals surface area contributed by atoms with Crippen LogP contribution in [0.25, 0.3) is 0 Å². The summed E-state index contributed by atoms with van der Waals surface area (Å²) in [5.41, 5.74) is 9.40. The average molecular weight is 338 g/mol. The lowest BCUT2D eigenvalue weighted by Crippen LogP contribution is -2.11. The Morgan fingerprint density at radius 1 is 1.17 bits per heavy atom. The molecule has 2 aromatic carbocycles. The Balaban J connectivity index is 2.01. The summed E-state index contributed by atoms with van der Waals surface area (Å²) in [7, 11) is 1.40. The normalized spacial score (nSPS) is 11.9. The fraction of sp³-hybridized carbons (Fsp3) is 0.158. The van der Waals surface area contributed by atoms with E-state index < -0.39 is 0 Å². The number of nitrogens with two attached hydrogens (primary N) is 1. The Kier molecular flexibility index (Phi) is 4.91. The summed E-state index contributed by atoms with van der Waals surface area (Å²) in [6.07, 6.45) is 0.651. The number of carbonyl (C=O) groups is 1. The zero-order valence-corrected chi connectivity index (χ0v) is 14.1. The molecule has 0 bridgehead atoms. The maximum Gasteiger partial charge on any atom is 0.338 e. The third kappa shape index (κ3) is 3.46. The lowest BCUT2D eigenvalue weighted by molar-refractivity contribution is 0.0599. The Bertz CT molecular complexity index is 830. The first kappa shape index (κ1) is 16.2. The molecule has 0 aliphatic heterocycles. The number of hydrogen-bond donors (Lipinski definition) is 1. The maximum atomic E-state index is 12.0. The molecule has 4 nitrogen and oxygen atoms in total. The number of methoxy groups -OCH3 is 1. The number of thiazole rings is 1. The van der Waals surface area contributed by atoms with Crippen molar-refractivity contribution in [3.63, 3.8) is 0 Å². The van der Waals surface area contributed by atoms with Gasteiger partial charge in [-0.2, -0.15) is 0 Å². The molecule has 5 heteroatoms. The molecular formula is C19H18N2O2S. The van der Waals surface area contributed by atoms with Gasteiger partial charge in [0.2, 0.25) is 0 Å². The number of esters is 1. The Labute approximate surface area is 144 Å². The third-order valence-electron chi connectivity index (χ3n) is 3.95. The molecule has 3 aromatic rings. The molecular weight excluding hydrogens is 320 g/mol. The second-order valence-electron chi connectivity index (χ2n) is 5.43.